The third-order valence-electron chi connectivity index (χ3n) is 4.98. The molecule has 0 saturated heterocycles. The van der Waals surface area contributed by atoms with Crippen LogP contribution in [0.1, 0.15) is 25.3 Å². The van der Waals surface area contributed by atoms with Crippen LogP contribution in [0.25, 0.3) is 0 Å². The molecule has 0 heterocycles. The maximum Gasteiger partial charge on any atom is 0.177 e. The summed E-state index contributed by atoms with van der Waals surface area (Å²) in [6, 6.07) is 18.7. The minimum absolute atomic E-state index is 0.173. The lowest BCUT2D eigenvalue weighted by atomic mass is 9.88. The Morgan fingerprint density at radius 2 is 1.46 bits per heavy atom. The molecule has 26 heavy (non-hydrogen) atoms. The summed E-state index contributed by atoms with van der Waals surface area (Å²) in [5.41, 5.74) is -2.61. The number of rotatable bonds is 5. The van der Waals surface area contributed by atoms with Gasteiger partial charge < -0.3 is 4.90 Å². The van der Waals surface area contributed by atoms with Crippen molar-refractivity contribution in [3.05, 3.63) is 47.2 Å². The van der Waals surface area contributed by atoms with Gasteiger partial charge in [0.1, 0.15) is 17.6 Å². The molecule has 1 aromatic rings. The zero-order valence-electron chi connectivity index (χ0n) is 14.6. The van der Waals surface area contributed by atoms with Crippen LogP contribution in [0.2, 0.25) is 0 Å². The SMILES string of the molecule is CCN(CC)C(=C(C#N)C#N)[C@@]1(C#N)[C@@H](c2ccccc2)C1(C#N)C#N. The molecule has 0 radical (unpaired) electrons. The summed E-state index contributed by atoms with van der Waals surface area (Å²) in [4.78, 5) is 1.72. The van der Waals surface area contributed by atoms with E-state index in [0.29, 0.717) is 18.7 Å². The van der Waals surface area contributed by atoms with E-state index >= 15 is 0 Å². The molecular formula is C20H16N6. The summed E-state index contributed by atoms with van der Waals surface area (Å²) < 4.78 is 0. The Morgan fingerprint density at radius 1 is 0.923 bits per heavy atom. The second kappa shape index (κ2) is 6.99. The number of nitriles is 5. The van der Waals surface area contributed by atoms with E-state index < -0.39 is 16.7 Å². The maximum atomic E-state index is 10.1. The molecule has 0 unspecified atom stereocenters. The van der Waals surface area contributed by atoms with E-state index in [0.717, 1.165) is 0 Å². The Kier molecular flexibility index (Phi) is 4.98. The number of allylic oxidation sites excluding steroid dienone is 2. The largest absolute Gasteiger partial charge is 0.372 e. The Balaban J connectivity index is 2.89. The molecule has 6 heteroatoms. The molecule has 1 aliphatic carbocycles. The molecule has 0 bridgehead atoms. The fourth-order valence-electron chi connectivity index (χ4n) is 3.76. The van der Waals surface area contributed by atoms with Gasteiger partial charge in [-0.2, -0.15) is 26.3 Å². The molecule has 1 fully saturated rings. The zero-order valence-corrected chi connectivity index (χ0v) is 14.6. The van der Waals surface area contributed by atoms with Gasteiger partial charge in [0, 0.05) is 19.0 Å². The van der Waals surface area contributed by atoms with Gasteiger partial charge >= 0.3 is 0 Å². The summed E-state index contributed by atoms with van der Waals surface area (Å²) in [7, 11) is 0. The van der Waals surface area contributed by atoms with E-state index in [4.69, 9.17) is 0 Å². The van der Waals surface area contributed by atoms with Gasteiger partial charge in [-0.25, -0.2) is 0 Å². The van der Waals surface area contributed by atoms with Gasteiger partial charge in [0.15, 0.2) is 11.0 Å². The van der Waals surface area contributed by atoms with Gasteiger partial charge in [0.25, 0.3) is 0 Å². The number of hydrogen-bond donors (Lipinski definition) is 0. The van der Waals surface area contributed by atoms with Crippen LogP contribution in [-0.2, 0) is 0 Å². The van der Waals surface area contributed by atoms with Gasteiger partial charge in [-0.15, -0.1) is 0 Å². The summed E-state index contributed by atoms with van der Waals surface area (Å²) in [6.07, 6.45) is 0. The molecule has 126 valence electrons. The second-order valence-electron chi connectivity index (χ2n) is 5.91. The quantitative estimate of drug-likeness (QED) is 0.759. The number of nitrogens with zero attached hydrogens (tertiary/aromatic N) is 6. The first kappa shape index (κ1) is 18.5. The molecule has 1 aromatic carbocycles. The van der Waals surface area contributed by atoms with Crippen LogP contribution in [-0.4, -0.2) is 18.0 Å². The van der Waals surface area contributed by atoms with Crippen molar-refractivity contribution < 1.29 is 0 Å². The van der Waals surface area contributed by atoms with Crippen LogP contribution in [0.4, 0.5) is 0 Å². The minimum atomic E-state index is -1.65. The molecular weight excluding hydrogens is 324 g/mol. The molecule has 1 aliphatic rings. The van der Waals surface area contributed by atoms with Gasteiger partial charge in [-0.05, 0) is 19.4 Å². The van der Waals surface area contributed by atoms with Crippen molar-refractivity contribution in [3.8, 4) is 30.3 Å². The first-order valence-corrected chi connectivity index (χ1v) is 8.17. The smallest absolute Gasteiger partial charge is 0.177 e. The first-order chi connectivity index (χ1) is 12.6. The Labute approximate surface area is 153 Å². The lowest BCUT2D eigenvalue weighted by molar-refractivity contribution is 0.330. The number of benzene rings is 1. The molecule has 0 aliphatic heterocycles. The molecule has 0 aromatic heterocycles. The molecule has 2 rings (SSSR count). The Morgan fingerprint density at radius 3 is 1.85 bits per heavy atom. The highest BCUT2D eigenvalue weighted by atomic mass is 15.2. The van der Waals surface area contributed by atoms with E-state index in [2.05, 4.69) is 6.07 Å². The highest BCUT2D eigenvalue weighted by molar-refractivity contribution is 5.63. The monoisotopic (exact) mass is 340 g/mol. The number of hydrogen-bond acceptors (Lipinski definition) is 6. The van der Waals surface area contributed by atoms with Crippen molar-refractivity contribution in [2.45, 2.75) is 19.8 Å². The Bertz CT molecular complexity index is 908. The topological polar surface area (TPSA) is 122 Å². The molecule has 1 saturated carbocycles. The van der Waals surface area contributed by atoms with Crippen molar-refractivity contribution in [3.63, 3.8) is 0 Å². The van der Waals surface area contributed by atoms with Crippen LogP contribution >= 0.6 is 0 Å². The van der Waals surface area contributed by atoms with Gasteiger partial charge in [0.2, 0.25) is 0 Å². The van der Waals surface area contributed by atoms with Crippen LogP contribution in [0.15, 0.2) is 41.6 Å². The second-order valence-corrected chi connectivity index (χ2v) is 5.91. The predicted octanol–water partition coefficient (Wildman–Crippen LogP) is 2.97. The first-order valence-electron chi connectivity index (χ1n) is 8.17. The summed E-state index contributed by atoms with van der Waals surface area (Å²) in [6.45, 7) is 4.55. The van der Waals surface area contributed by atoms with Crippen LogP contribution in [0.3, 0.4) is 0 Å². The van der Waals surface area contributed by atoms with Crippen LogP contribution in [0, 0.1) is 67.5 Å². The van der Waals surface area contributed by atoms with Crippen LogP contribution < -0.4 is 0 Å². The summed E-state index contributed by atoms with van der Waals surface area (Å²) >= 11 is 0. The minimum Gasteiger partial charge on any atom is -0.372 e. The van der Waals surface area contributed by atoms with Gasteiger partial charge in [0.05, 0.1) is 23.9 Å². The van der Waals surface area contributed by atoms with E-state index in [9.17, 15) is 26.3 Å². The fourth-order valence-corrected chi connectivity index (χ4v) is 3.76. The lowest BCUT2D eigenvalue weighted by Crippen LogP contribution is -2.31. The van der Waals surface area contributed by atoms with Crippen molar-refractivity contribution >= 4 is 0 Å². The van der Waals surface area contributed by atoms with E-state index in [1.165, 1.54) is 0 Å². The van der Waals surface area contributed by atoms with Gasteiger partial charge in [-0.1, -0.05) is 30.3 Å². The molecule has 6 nitrogen and oxygen atoms in total. The normalized spacial score (nSPS) is 21.7. The molecule has 0 N–H and O–H groups in total. The molecule has 2 atom stereocenters. The van der Waals surface area contributed by atoms with Crippen molar-refractivity contribution in [2.24, 2.45) is 10.8 Å². The third-order valence-corrected chi connectivity index (χ3v) is 4.98. The van der Waals surface area contributed by atoms with Gasteiger partial charge in [-0.3, -0.25) is 0 Å². The van der Waals surface area contributed by atoms with E-state index in [-0.39, 0.29) is 11.3 Å². The van der Waals surface area contributed by atoms with E-state index in [1.807, 2.05) is 38.1 Å². The highest BCUT2D eigenvalue weighted by Crippen LogP contribution is 2.77. The standard InChI is InChI=1S/C20H16N6/c1-3-26(4-2)18(16(10-21)11-22)20(14-25)17(19(20,12-23)13-24)15-8-6-5-7-9-15/h5-9,17H,3-4H2,1-2H3/t17-,20+/m0/s1. The zero-order chi connectivity index (χ0) is 19.4. The molecule has 0 amide bonds. The molecule has 0 spiro atoms. The predicted molar refractivity (Wildman–Crippen MR) is 92.1 cm³/mol. The van der Waals surface area contributed by atoms with E-state index in [1.54, 1.807) is 35.2 Å². The van der Waals surface area contributed by atoms with Crippen LogP contribution in [0.5, 0.6) is 0 Å². The third kappa shape index (κ3) is 2.20. The summed E-state index contributed by atoms with van der Waals surface area (Å²) in [5, 5.41) is 48.7. The average molecular weight is 340 g/mol. The maximum absolute atomic E-state index is 10.1. The Hall–Kier alpha value is -3.79. The fraction of sp³-hybridized carbons (Fsp3) is 0.350. The average Bonchev–Trinajstić information content (AvgIpc) is 3.32. The van der Waals surface area contributed by atoms with Crippen molar-refractivity contribution in [1.82, 2.24) is 4.90 Å². The lowest BCUT2D eigenvalue weighted by Gasteiger charge is -2.28. The van der Waals surface area contributed by atoms with Crippen molar-refractivity contribution in [1.29, 1.82) is 26.3 Å². The van der Waals surface area contributed by atoms with Crippen molar-refractivity contribution in [2.75, 3.05) is 13.1 Å². The summed E-state index contributed by atoms with van der Waals surface area (Å²) in [5.74, 6) is -0.733. The highest BCUT2D eigenvalue weighted by Gasteiger charge is 2.83.